The van der Waals surface area contributed by atoms with Gasteiger partial charge in [0.15, 0.2) is 5.75 Å². The lowest BCUT2D eigenvalue weighted by molar-refractivity contribution is 0.101. The number of carbonyl (C=O) groups is 1. The molecule has 2 heterocycles. The summed E-state index contributed by atoms with van der Waals surface area (Å²) in [4.78, 5) is 29.5. The van der Waals surface area contributed by atoms with Gasteiger partial charge >= 0.3 is 0 Å². The number of anilines is 1. The summed E-state index contributed by atoms with van der Waals surface area (Å²) < 4.78 is 20.7. The SMILES string of the molecule is CCOc1c(C(=O)Nc2ccccc2)[nH]c2cc(CC)n(-c3ccc(F)cc3)c(=O)c12. The fourth-order valence-electron chi connectivity index (χ4n) is 3.59. The molecule has 0 bridgehead atoms. The van der Waals surface area contributed by atoms with Gasteiger partial charge in [-0.2, -0.15) is 0 Å². The Hall–Kier alpha value is -3.87. The summed E-state index contributed by atoms with van der Waals surface area (Å²) in [6, 6.07) is 16.6. The summed E-state index contributed by atoms with van der Waals surface area (Å²) in [6.07, 6.45) is 0.567. The second-order valence-corrected chi connectivity index (χ2v) is 6.98. The molecule has 0 aliphatic rings. The minimum absolute atomic E-state index is 0.178. The van der Waals surface area contributed by atoms with Crippen molar-refractivity contribution < 1.29 is 13.9 Å². The van der Waals surface area contributed by atoms with Crippen LogP contribution in [0.4, 0.5) is 10.1 Å². The Kier molecular flexibility index (Phi) is 5.58. The van der Waals surface area contributed by atoms with Gasteiger partial charge in [-0.25, -0.2) is 4.39 Å². The number of para-hydroxylation sites is 1. The molecule has 0 aliphatic carbocycles. The number of amides is 1. The molecular formula is C24H22FN3O3. The van der Waals surface area contributed by atoms with E-state index in [2.05, 4.69) is 10.3 Å². The average Bonchev–Trinajstić information content (AvgIpc) is 3.14. The minimum atomic E-state index is -0.406. The number of aromatic nitrogens is 2. The molecule has 4 aromatic rings. The van der Waals surface area contributed by atoms with Gasteiger partial charge in [0, 0.05) is 17.1 Å². The lowest BCUT2D eigenvalue weighted by Gasteiger charge is -2.13. The molecule has 2 N–H and O–H groups in total. The van der Waals surface area contributed by atoms with Gasteiger partial charge in [-0.15, -0.1) is 0 Å². The van der Waals surface area contributed by atoms with E-state index < -0.39 is 5.91 Å². The Labute approximate surface area is 178 Å². The zero-order valence-electron chi connectivity index (χ0n) is 17.2. The van der Waals surface area contributed by atoms with E-state index in [1.54, 1.807) is 31.2 Å². The van der Waals surface area contributed by atoms with Crippen molar-refractivity contribution in [3.8, 4) is 11.4 Å². The predicted molar refractivity (Wildman–Crippen MR) is 119 cm³/mol. The zero-order valence-corrected chi connectivity index (χ0v) is 17.2. The van der Waals surface area contributed by atoms with Crippen LogP contribution >= 0.6 is 0 Å². The Bertz CT molecular complexity index is 1290. The van der Waals surface area contributed by atoms with Crippen LogP contribution in [-0.4, -0.2) is 22.1 Å². The van der Waals surface area contributed by atoms with E-state index in [0.29, 0.717) is 23.3 Å². The van der Waals surface area contributed by atoms with Gasteiger partial charge in [0.2, 0.25) is 0 Å². The largest absolute Gasteiger partial charge is 0.491 e. The van der Waals surface area contributed by atoms with Crippen molar-refractivity contribution in [1.29, 1.82) is 0 Å². The van der Waals surface area contributed by atoms with Crippen molar-refractivity contribution in [1.82, 2.24) is 9.55 Å². The number of hydrogen-bond acceptors (Lipinski definition) is 3. The van der Waals surface area contributed by atoms with Crippen molar-refractivity contribution in [3.05, 3.63) is 88.2 Å². The summed E-state index contributed by atoms with van der Waals surface area (Å²) in [7, 11) is 0. The fourth-order valence-corrected chi connectivity index (χ4v) is 3.59. The number of benzene rings is 2. The van der Waals surface area contributed by atoms with Gasteiger partial charge in [0.1, 0.15) is 16.9 Å². The van der Waals surface area contributed by atoms with E-state index in [-0.39, 0.29) is 34.8 Å². The number of nitrogens with zero attached hydrogens (tertiary/aromatic N) is 1. The van der Waals surface area contributed by atoms with E-state index in [9.17, 15) is 14.0 Å². The number of aromatic amines is 1. The highest BCUT2D eigenvalue weighted by atomic mass is 19.1. The molecule has 158 valence electrons. The Morgan fingerprint density at radius 2 is 1.81 bits per heavy atom. The lowest BCUT2D eigenvalue weighted by Crippen LogP contribution is -2.22. The number of nitrogens with one attached hydrogen (secondary N) is 2. The molecule has 1 amide bonds. The van der Waals surface area contributed by atoms with Crippen LogP contribution in [-0.2, 0) is 6.42 Å². The number of carbonyl (C=O) groups excluding carboxylic acids is 1. The molecule has 0 fully saturated rings. The van der Waals surface area contributed by atoms with Gasteiger partial charge in [0.05, 0.1) is 12.1 Å². The molecule has 0 saturated heterocycles. The lowest BCUT2D eigenvalue weighted by atomic mass is 10.2. The highest BCUT2D eigenvalue weighted by Gasteiger charge is 2.24. The maximum Gasteiger partial charge on any atom is 0.275 e. The van der Waals surface area contributed by atoms with Crippen LogP contribution in [0.5, 0.6) is 5.75 Å². The average molecular weight is 419 g/mol. The third-order valence-electron chi connectivity index (χ3n) is 4.99. The third kappa shape index (κ3) is 3.82. The summed E-state index contributed by atoms with van der Waals surface area (Å²) in [5, 5.41) is 3.10. The second kappa shape index (κ2) is 8.47. The molecule has 2 aromatic heterocycles. The molecule has 0 aliphatic heterocycles. The Balaban J connectivity index is 1.91. The normalized spacial score (nSPS) is 10.9. The second-order valence-electron chi connectivity index (χ2n) is 6.98. The predicted octanol–water partition coefficient (Wildman–Crippen LogP) is 4.67. The molecule has 2 aromatic carbocycles. The van der Waals surface area contributed by atoms with Crippen molar-refractivity contribution in [2.75, 3.05) is 11.9 Å². The standard InChI is InChI=1S/C24H22FN3O3/c1-3-17-14-19-20(24(30)28(17)18-12-10-15(25)11-13-18)22(31-4-2)21(27-19)23(29)26-16-8-6-5-7-9-16/h5-14,27H,3-4H2,1-2H3,(H,26,29). The van der Waals surface area contributed by atoms with Gasteiger partial charge in [0.25, 0.3) is 11.5 Å². The van der Waals surface area contributed by atoms with E-state index in [0.717, 1.165) is 5.69 Å². The molecular weight excluding hydrogens is 397 g/mol. The Morgan fingerprint density at radius 3 is 2.45 bits per heavy atom. The first-order chi connectivity index (χ1) is 15.0. The van der Waals surface area contributed by atoms with Crippen molar-refractivity contribution >= 4 is 22.5 Å². The monoisotopic (exact) mass is 419 g/mol. The maximum atomic E-state index is 13.5. The maximum absolute atomic E-state index is 13.5. The van der Waals surface area contributed by atoms with Crippen molar-refractivity contribution in [3.63, 3.8) is 0 Å². The highest BCUT2D eigenvalue weighted by Crippen LogP contribution is 2.30. The number of aryl methyl sites for hydroxylation is 1. The van der Waals surface area contributed by atoms with Crippen LogP contribution in [0.25, 0.3) is 16.6 Å². The molecule has 4 rings (SSSR count). The molecule has 6 nitrogen and oxygen atoms in total. The van der Waals surface area contributed by atoms with Gasteiger partial charge in [-0.05, 0) is 55.8 Å². The first-order valence-corrected chi connectivity index (χ1v) is 10.1. The van der Waals surface area contributed by atoms with E-state index >= 15 is 0 Å². The topological polar surface area (TPSA) is 76.1 Å². The first kappa shape index (κ1) is 20.4. The van der Waals surface area contributed by atoms with Crippen molar-refractivity contribution in [2.45, 2.75) is 20.3 Å². The number of ether oxygens (including phenoxy) is 1. The molecule has 0 spiro atoms. The van der Waals surface area contributed by atoms with Gasteiger partial charge < -0.3 is 15.0 Å². The van der Waals surface area contributed by atoms with Crippen LogP contribution in [0, 0.1) is 5.82 Å². The Morgan fingerprint density at radius 1 is 1.10 bits per heavy atom. The summed E-state index contributed by atoms with van der Waals surface area (Å²) >= 11 is 0. The molecule has 0 atom stereocenters. The number of pyridine rings is 1. The quantitative estimate of drug-likeness (QED) is 0.477. The van der Waals surface area contributed by atoms with Crippen LogP contribution in [0.15, 0.2) is 65.5 Å². The van der Waals surface area contributed by atoms with Crippen LogP contribution < -0.4 is 15.6 Å². The number of hydrogen-bond donors (Lipinski definition) is 2. The summed E-state index contributed by atoms with van der Waals surface area (Å²) in [5.74, 6) is -0.585. The summed E-state index contributed by atoms with van der Waals surface area (Å²) in [6.45, 7) is 4.00. The number of rotatable bonds is 6. The first-order valence-electron chi connectivity index (χ1n) is 10.1. The van der Waals surface area contributed by atoms with Gasteiger partial charge in [-0.1, -0.05) is 25.1 Å². The fraction of sp³-hybridized carbons (Fsp3) is 0.167. The van der Waals surface area contributed by atoms with E-state index in [1.165, 1.54) is 16.7 Å². The molecule has 0 saturated carbocycles. The van der Waals surface area contributed by atoms with E-state index in [4.69, 9.17) is 4.74 Å². The van der Waals surface area contributed by atoms with Crippen molar-refractivity contribution in [2.24, 2.45) is 0 Å². The van der Waals surface area contributed by atoms with Crippen LogP contribution in [0.1, 0.15) is 30.0 Å². The molecule has 31 heavy (non-hydrogen) atoms. The summed E-state index contributed by atoms with van der Waals surface area (Å²) in [5.41, 5.74) is 2.26. The third-order valence-corrected chi connectivity index (χ3v) is 4.99. The van der Waals surface area contributed by atoms with Crippen LogP contribution in [0.2, 0.25) is 0 Å². The number of fused-ring (bicyclic) bond motifs is 1. The molecule has 0 unspecified atom stereocenters. The highest BCUT2D eigenvalue weighted by molar-refractivity contribution is 6.09. The number of halogens is 1. The number of H-pyrrole nitrogens is 1. The smallest absolute Gasteiger partial charge is 0.275 e. The molecule has 0 radical (unpaired) electrons. The van der Waals surface area contributed by atoms with Gasteiger partial charge in [-0.3, -0.25) is 14.2 Å². The zero-order chi connectivity index (χ0) is 22.0. The molecule has 7 heteroatoms. The van der Waals surface area contributed by atoms with E-state index in [1.807, 2.05) is 31.2 Å². The minimum Gasteiger partial charge on any atom is -0.491 e. The van der Waals surface area contributed by atoms with Crippen LogP contribution in [0.3, 0.4) is 0 Å².